The summed E-state index contributed by atoms with van der Waals surface area (Å²) in [6.45, 7) is 2.21. The van der Waals surface area contributed by atoms with Crippen molar-refractivity contribution < 1.29 is 10.2 Å². The van der Waals surface area contributed by atoms with Crippen LogP contribution in [0.15, 0.2) is 0 Å². The fourth-order valence-electron chi connectivity index (χ4n) is 4.96. The summed E-state index contributed by atoms with van der Waals surface area (Å²) in [4.78, 5) is 0. The van der Waals surface area contributed by atoms with Gasteiger partial charge in [-0.15, -0.1) is 0 Å². The maximum atomic E-state index is 9.30. The fraction of sp³-hybridized carbons (Fsp3) is 1.00. The van der Waals surface area contributed by atoms with Crippen molar-refractivity contribution in [3.63, 3.8) is 0 Å². The van der Waals surface area contributed by atoms with Gasteiger partial charge in [0.1, 0.15) is 0 Å². The molecule has 2 heteroatoms. The highest BCUT2D eigenvalue weighted by atomic mass is 16.3. The first-order valence-electron chi connectivity index (χ1n) is 15.6. The van der Waals surface area contributed by atoms with Gasteiger partial charge >= 0.3 is 0 Å². The largest absolute Gasteiger partial charge is 0.394 e. The van der Waals surface area contributed by atoms with Crippen molar-refractivity contribution in [2.45, 2.75) is 193 Å². The Morgan fingerprint density at radius 1 is 0.364 bits per heavy atom. The molecule has 33 heavy (non-hydrogen) atoms. The van der Waals surface area contributed by atoms with Crippen LogP contribution in [0.5, 0.6) is 0 Å². The smallest absolute Gasteiger partial charge is 0.0770 e. The van der Waals surface area contributed by atoms with E-state index in [1.54, 1.807) is 0 Å². The summed E-state index contributed by atoms with van der Waals surface area (Å²) in [6.07, 6.45) is 38.5. The minimum absolute atomic E-state index is 0.0839. The second kappa shape index (κ2) is 30.0. The average Bonchev–Trinajstić information content (AvgIpc) is 2.83. The molecule has 0 aliphatic carbocycles. The number of rotatable bonds is 29. The van der Waals surface area contributed by atoms with Crippen molar-refractivity contribution >= 4 is 0 Å². The fourth-order valence-corrected chi connectivity index (χ4v) is 4.96. The summed E-state index contributed by atoms with van der Waals surface area (Å²) in [5.74, 6) is 0. The Kier molecular flexibility index (Phi) is 29.9. The molecule has 0 aromatic rings. The van der Waals surface area contributed by atoms with Gasteiger partial charge in [0.2, 0.25) is 0 Å². The molecule has 0 radical (unpaired) electrons. The van der Waals surface area contributed by atoms with E-state index >= 15 is 0 Å². The third-order valence-electron chi connectivity index (χ3n) is 7.35. The third-order valence-corrected chi connectivity index (χ3v) is 7.35. The van der Waals surface area contributed by atoms with Crippen LogP contribution >= 0.6 is 0 Å². The number of aliphatic hydroxyl groups is 2. The van der Waals surface area contributed by atoms with Gasteiger partial charge in [0.25, 0.3) is 0 Å². The molecule has 0 saturated heterocycles. The van der Waals surface area contributed by atoms with Crippen LogP contribution in [0.4, 0.5) is 0 Å². The van der Waals surface area contributed by atoms with Crippen molar-refractivity contribution in [2.24, 2.45) is 0 Å². The highest BCUT2D eigenvalue weighted by molar-refractivity contribution is 4.54. The molecule has 0 heterocycles. The molecule has 0 aromatic carbocycles. The van der Waals surface area contributed by atoms with Gasteiger partial charge < -0.3 is 10.2 Å². The predicted octanol–water partition coefficient (Wildman–Crippen LogP) is 10.3. The van der Waals surface area contributed by atoms with Crippen molar-refractivity contribution in [1.82, 2.24) is 0 Å². The van der Waals surface area contributed by atoms with Crippen LogP contribution in [0, 0.1) is 0 Å². The van der Waals surface area contributed by atoms with Crippen molar-refractivity contribution in [2.75, 3.05) is 6.61 Å². The molecular weight excluding hydrogens is 404 g/mol. The van der Waals surface area contributed by atoms with E-state index in [9.17, 15) is 5.11 Å². The summed E-state index contributed by atoms with van der Waals surface area (Å²) in [6, 6.07) is 0. The van der Waals surface area contributed by atoms with Crippen molar-refractivity contribution in [3.8, 4) is 0 Å². The van der Waals surface area contributed by atoms with Crippen LogP contribution in [0.25, 0.3) is 0 Å². The average molecular weight is 469 g/mol. The normalized spacial score (nSPS) is 12.5. The first-order valence-corrected chi connectivity index (χ1v) is 15.6. The van der Waals surface area contributed by atoms with Crippen LogP contribution in [-0.2, 0) is 0 Å². The third kappa shape index (κ3) is 29.9. The molecule has 1 atom stereocenters. The van der Waals surface area contributed by atoms with Crippen molar-refractivity contribution in [3.05, 3.63) is 0 Å². The molecule has 0 aromatic heterocycles. The number of hydrogen-bond donors (Lipinski definition) is 2. The maximum absolute atomic E-state index is 9.30. The van der Waals surface area contributed by atoms with E-state index in [1.165, 1.54) is 167 Å². The van der Waals surface area contributed by atoms with Gasteiger partial charge in [0.15, 0.2) is 0 Å². The van der Waals surface area contributed by atoms with Crippen LogP contribution in [-0.4, -0.2) is 22.9 Å². The second-order valence-electron chi connectivity index (χ2n) is 10.8. The van der Waals surface area contributed by atoms with Crippen LogP contribution in [0.2, 0.25) is 0 Å². The molecule has 0 bridgehead atoms. The lowest BCUT2D eigenvalue weighted by Crippen LogP contribution is -2.10. The summed E-state index contributed by atoms with van der Waals surface area (Å²) < 4.78 is 0. The Morgan fingerprint density at radius 2 is 0.576 bits per heavy atom. The highest BCUT2D eigenvalue weighted by Gasteiger charge is 2.00. The second-order valence-corrected chi connectivity index (χ2v) is 10.8. The minimum Gasteiger partial charge on any atom is -0.394 e. The van der Waals surface area contributed by atoms with E-state index in [4.69, 9.17) is 5.11 Å². The van der Waals surface area contributed by atoms with Gasteiger partial charge in [-0.25, -0.2) is 0 Å². The molecule has 0 saturated carbocycles. The molecule has 200 valence electrons. The quantitative estimate of drug-likeness (QED) is 0.107. The minimum atomic E-state index is -0.496. The summed E-state index contributed by atoms with van der Waals surface area (Å²) in [7, 11) is 0. The molecule has 0 rings (SSSR count). The molecular formula is C31H64O2. The summed E-state index contributed by atoms with van der Waals surface area (Å²) in [5, 5.41) is 18.1. The zero-order valence-electron chi connectivity index (χ0n) is 23.0. The lowest BCUT2D eigenvalue weighted by atomic mass is 10.0. The SMILES string of the molecule is CCCCCCCCCCCCCCCCCCCCCCCCCCCCCC(O)CO. The van der Waals surface area contributed by atoms with Gasteiger partial charge in [0.05, 0.1) is 12.7 Å². The Bertz CT molecular complexity index is 331. The van der Waals surface area contributed by atoms with E-state index in [-0.39, 0.29) is 6.61 Å². The molecule has 0 amide bonds. The molecule has 0 fully saturated rings. The van der Waals surface area contributed by atoms with Gasteiger partial charge in [0, 0.05) is 0 Å². The highest BCUT2D eigenvalue weighted by Crippen LogP contribution is 2.16. The van der Waals surface area contributed by atoms with Crippen molar-refractivity contribution in [1.29, 1.82) is 0 Å². The van der Waals surface area contributed by atoms with E-state index in [2.05, 4.69) is 6.92 Å². The lowest BCUT2D eigenvalue weighted by Gasteiger charge is -2.06. The monoisotopic (exact) mass is 468 g/mol. The zero-order valence-corrected chi connectivity index (χ0v) is 23.0. The Hall–Kier alpha value is -0.0800. The van der Waals surface area contributed by atoms with E-state index in [1.807, 2.05) is 0 Å². The van der Waals surface area contributed by atoms with Gasteiger partial charge in [-0.2, -0.15) is 0 Å². The molecule has 2 N–H and O–H groups in total. The van der Waals surface area contributed by atoms with E-state index < -0.39 is 6.10 Å². The summed E-state index contributed by atoms with van der Waals surface area (Å²) in [5.41, 5.74) is 0. The maximum Gasteiger partial charge on any atom is 0.0770 e. The van der Waals surface area contributed by atoms with Gasteiger partial charge in [-0.1, -0.05) is 180 Å². The standard InChI is InChI=1S/C31H64O2/c1-2-3-4-5-6-7-8-9-10-11-12-13-14-15-16-17-18-19-20-21-22-23-24-25-26-27-28-29-31(33)30-32/h31-33H,2-30H2,1H3. The van der Waals surface area contributed by atoms with E-state index in [0.717, 1.165) is 12.8 Å². The molecule has 1 unspecified atom stereocenters. The topological polar surface area (TPSA) is 40.5 Å². The van der Waals surface area contributed by atoms with Crippen LogP contribution < -0.4 is 0 Å². The summed E-state index contributed by atoms with van der Waals surface area (Å²) >= 11 is 0. The molecule has 0 aliphatic rings. The van der Waals surface area contributed by atoms with Gasteiger partial charge in [-0.3, -0.25) is 0 Å². The van der Waals surface area contributed by atoms with E-state index in [0.29, 0.717) is 0 Å². The van der Waals surface area contributed by atoms with Gasteiger partial charge in [-0.05, 0) is 6.42 Å². The lowest BCUT2D eigenvalue weighted by molar-refractivity contribution is 0.0860. The Morgan fingerprint density at radius 3 is 0.788 bits per heavy atom. The first kappa shape index (κ1) is 32.9. The first-order chi connectivity index (χ1) is 16.3. The molecule has 0 spiro atoms. The Balaban J connectivity index is 3.01. The number of hydrogen-bond acceptors (Lipinski definition) is 2. The van der Waals surface area contributed by atoms with Crippen LogP contribution in [0.3, 0.4) is 0 Å². The number of aliphatic hydroxyl groups excluding tert-OH is 2. The Labute approximate surface area is 209 Å². The molecule has 2 nitrogen and oxygen atoms in total. The molecule has 0 aliphatic heterocycles. The zero-order chi connectivity index (χ0) is 24.1. The van der Waals surface area contributed by atoms with Crippen LogP contribution in [0.1, 0.15) is 187 Å². The number of unbranched alkanes of at least 4 members (excludes halogenated alkanes) is 26. The predicted molar refractivity (Wildman–Crippen MR) is 148 cm³/mol.